The molecule has 0 aromatic heterocycles. The molecule has 0 N–H and O–H groups in total. The Morgan fingerprint density at radius 3 is 2.47 bits per heavy atom. The van der Waals surface area contributed by atoms with Gasteiger partial charge in [0.05, 0.1) is 12.7 Å². The minimum absolute atomic E-state index is 0.167. The van der Waals surface area contributed by atoms with Crippen LogP contribution in [0, 0.1) is 12.3 Å². The van der Waals surface area contributed by atoms with Crippen LogP contribution < -0.4 is 4.74 Å². The molecule has 0 unspecified atom stereocenters. The van der Waals surface area contributed by atoms with Gasteiger partial charge in [0.2, 0.25) is 0 Å². The molecule has 0 atom stereocenters. The summed E-state index contributed by atoms with van der Waals surface area (Å²) in [6.45, 7) is 8.43. The fraction of sp³-hybridized carbons (Fsp3) is 0.533. The highest BCUT2D eigenvalue weighted by atomic mass is 16.5. The topological polar surface area (TPSA) is 26.3 Å². The van der Waals surface area contributed by atoms with Crippen LogP contribution in [-0.4, -0.2) is 12.9 Å². The maximum absolute atomic E-state index is 12.1. The third kappa shape index (κ3) is 4.22. The molecule has 1 aromatic carbocycles. The summed E-state index contributed by atoms with van der Waals surface area (Å²) >= 11 is 0. The van der Waals surface area contributed by atoms with Crippen molar-refractivity contribution in [3.05, 3.63) is 29.3 Å². The highest BCUT2D eigenvalue weighted by Crippen LogP contribution is 2.26. The van der Waals surface area contributed by atoms with Gasteiger partial charge in [-0.2, -0.15) is 0 Å². The zero-order chi connectivity index (χ0) is 13.1. The minimum atomic E-state index is 0.167. The molecule has 2 heteroatoms. The number of hydrogen-bond donors (Lipinski definition) is 0. The van der Waals surface area contributed by atoms with Gasteiger partial charge in [0.15, 0.2) is 5.78 Å². The number of aryl methyl sites for hydroxylation is 1. The second-order valence-corrected chi connectivity index (χ2v) is 5.69. The van der Waals surface area contributed by atoms with Crippen LogP contribution in [0.15, 0.2) is 18.2 Å². The van der Waals surface area contributed by atoms with Crippen molar-refractivity contribution in [1.82, 2.24) is 0 Å². The minimum Gasteiger partial charge on any atom is -0.496 e. The van der Waals surface area contributed by atoms with E-state index >= 15 is 0 Å². The van der Waals surface area contributed by atoms with Crippen LogP contribution in [0.1, 0.15) is 49.5 Å². The average molecular weight is 234 g/mol. The molecule has 17 heavy (non-hydrogen) atoms. The van der Waals surface area contributed by atoms with E-state index in [2.05, 4.69) is 20.8 Å². The van der Waals surface area contributed by atoms with Crippen LogP contribution in [0.2, 0.25) is 0 Å². The first-order chi connectivity index (χ1) is 7.83. The smallest absolute Gasteiger partial charge is 0.166 e. The molecule has 0 bridgehead atoms. The summed E-state index contributed by atoms with van der Waals surface area (Å²) in [5.41, 5.74) is 1.98. The highest BCUT2D eigenvalue weighted by molar-refractivity contribution is 5.98. The molecule has 1 rings (SSSR count). The zero-order valence-electron chi connectivity index (χ0n) is 11.5. The van der Waals surface area contributed by atoms with Crippen LogP contribution >= 0.6 is 0 Å². The van der Waals surface area contributed by atoms with E-state index in [1.54, 1.807) is 7.11 Å². The average Bonchev–Trinajstić information content (AvgIpc) is 2.25. The van der Waals surface area contributed by atoms with Gasteiger partial charge in [0, 0.05) is 6.42 Å². The standard InChI is InChI=1S/C15H22O2/c1-11-6-7-14(17-5)12(10-11)13(16)8-9-15(2,3)4/h6-7,10H,8-9H2,1-5H3. The lowest BCUT2D eigenvalue weighted by molar-refractivity contribution is 0.0963. The van der Waals surface area contributed by atoms with Crippen LogP contribution in [-0.2, 0) is 0 Å². The lowest BCUT2D eigenvalue weighted by Gasteiger charge is -2.17. The predicted molar refractivity (Wildman–Crippen MR) is 70.8 cm³/mol. The fourth-order valence-electron chi connectivity index (χ4n) is 1.66. The van der Waals surface area contributed by atoms with Gasteiger partial charge in [-0.05, 0) is 30.9 Å². The second kappa shape index (κ2) is 5.35. The summed E-state index contributed by atoms with van der Waals surface area (Å²) in [6.07, 6.45) is 1.46. The number of ether oxygens (including phenoxy) is 1. The van der Waals surface area contributed by atoms with Crippen LogP contribution in [0.3, 0.4) is 0 Å². The molecule has 0 aliphatic carbocycles. The van der Waals surface area contributed by atoms with Gasteiger partial charge in [0.25, 0.3) is 0 Å². The van der Waals surface area contributed by atoms with Crippen molar-refractivity contribution in [2.75, 3.05) is 7.11 Å². The Hall–Kier alpha value is -1.31. The van der Waals surface area contributed by atoms with Crippen molar-refractivity contribution in [3.63, 3.8) is 0 Å². The first-order valence-electron chi connectivity index (χ1n) is 6.01. The molecular weight excluding hydrogens is 212 g/mol. The monoisotopic (exact) mass is 234 g/mol. The van der Waals surface area contributed by atoms with E-state index in [4.69, 9.17) is 4.74 Å². The number of ketones is 1. The zero-order valence-corrected chi connectivity index (χ0v) is 11.5. The molecule has 0 saturated heterocycles. The molecule has 0 heterocycles. The van der Waals surface area contributed by atoms with E-state index in [0.29, 0.717) is 17.7 Å². The molecular formula is C15H22O2. The van der Waals surface area contributed by atoms with Gasteiger partial charge in [-0.3, -0.25) is 4.79 Å². The lowest BCUT2D eigenvalue weighted by Crippen LogP contribution is -2.10. The van der Waals surface area contributed by atoms with E-state index in [0.717, 1.165) is 12.0 Å². The summed E-state index contributed by atoms with van der Waals surface area (Å²) in [4.78, 5) is 12.1. The van der Waals surface area contributed by atoms with E-state index < -0.39 is 0 Å². The van der Waals surface area contributed by atoms with E-state index in [-0.39, 0.29) is 11.2 Å². The molecule has 0 spiro atoms. The van der Waals surface area contributed by atoms with Gasteiger partial charge in [-0.25, -0.2) is 0 Å². The number of methoxy groups -OCH3 is 1. The van der Waals surface area contributed by atoms with Crippen molar-refractivity contribution in [3.8, 4) is 5.75 Å². The number of hydrogen-bond acceptors (Lipinski definition) is 2. The lowest BCUT2D eigenvalue weighted by atomic mass is 9.88. The Labute approximate surface area is 104 Å². The van der Waals surface area contributed by atoms with E-state index in [1.165, 1.54) is 0 Å². The van der Waals surface area contributed by atoms with Gasteiger partial charge < -0.3 is 4.74 Å². The number of benzene rings is 1. The molecule has 0 fully saturated rings. The summed E-state index contributed by atoms with van der Waals surface area (Å²) in [6, 6.07) is 5.73. The molecule has 0 radical (unpaired) electrons. The van der Waals surface area contributed by atoms with Crippen molar-refractivity contribution < 1.29 is 9.53 Å². The molecule has 0 aliphatic rings. The molecule has 0 saturated carbocycles. The van der Waals surface area contributed by atoms with Crippen molar-refractivity contribution >= 4 is 5.78 Å². The number of carbonyl (C=O) groups excluding carboxylic acids is 1. The molecule has 0 amide bonds. The van der Waals surface area contributed by atoms with Crippen LogP contribution in [0.25, 0.3) is 0 Å². The number of carbonyl (C=O) groups is 1. The first-order valence-corrected chi connectivity index (χ1v) is 6.01. The SMILES string of the molecule is COc1ccc(C)cc1C(=O)CCC(C)(C)C. The normalized spacial score (nSPS) is 11.4. The molecule has 2 nitrogen and oxygen atoms in total. The first kappa shape index (κ1) is 13.8. The van der Waals surface area contributed by atoms with Gasteiger partial charge in [-0.15, -0.1) is 0 Å². The highest BCUT2D eigenvalue weighted by Gasteiger charge is 2.16. The van der Waals surface area contributed by atoms with E-state index in [9.17, 15) is 4.79 Å². The van der Waals surface area contributed by atoms with Crippen molar-refractivity contribution in [2.24, 2.45) is 5.41 Å². The van der Waals surface area contributed by atoms with Crippen LogP contribution in [0.5, 0.6) is 5.75 Å². The molecule has 94 valence electrons. The number of Topliss-reactive ketones (excluding diaryl/α,β-unsaturated/α-hetero) is 1. The quantitative estimate of drug-likeness (QED) is 0.736. The third-order valence-corrected chi connectivity index (χ3v) is 2.76. The van der Waals surface area contributed by atoms with Crippen molar-refractivity contribution in [2.45, 2.75) is 40.5 Å². The van der Waals surface area contributed by atoms with Gasteiger partial charge in [0.1, 0.15) is 5.75 Å². The Bertz CT molecular complexity index is 400. The van der Waals surface area contributed by atoms with Crippen LogP contribution in [0.4, 0.5) is 0 Å². The molecule has 1 aromatic rings. The second-order valence-electron chi connectivity index (χ2n) is 5.69. The van der Waals surface area contributed by atoms with Gasteiger partial charge >= 0.3 is 0 Å². The summed E-state index contributed by atoms with van der Waals surface area (Å²) in [5, 5.41) is 0. The number of rotatable bonds is 4. The Morgan fingerprint density at radius 1 is 1.29 bits per heavy atom. The molecule has 0 aliphatic heterocycles. The van der Waals surface area contributed by atoms with Crippen molar-refractivity contribution in [1.29, 1.82) is 0 Å². The summed E-state index contributed by atoms with van der Waals surface area (Å²) in [5.74, 6) is 0.843. The van der Waals surface area contributed by atoms with Gasteiger partial charge in [-0.1, -0.05) is 32.4 Å². The Kier molecular flexibility index (Phi) is 4.33. The van der Waals surface area contributed by atoms with E-state index in [1.807, 2.05) is 25.1 Å². The predicted octanol–water partition coefficient (Wildman–Crippen LogP) is 4.01. The third-order valence-electron chi connectivity index (χ3n) is 2.76. The summed E-state index contributed by atoms with van der Waals surface area (Å²) in [7, 11) is 1.60. The Morgan fingerprint density at radius 2 is 1.94 bits per heavy atom. The Balaban J connectivity index is 2.84. The summed E-state index contributed by atoms with van der Waals surface area (Å²) < 4.78 is 5.23. The maximum Gasteiger partial charge on any atom is 0.166 e. The fourth-order valence-corrected chi connectivity index (χ4v) is 1.66. The maximum atomic E-state index is 12.1. The largest absolute Gasteiger partial charge is 0.496 e.